The van der Waals surface area contributed by atoms with Crippen molar-refractivity contribution >= 4 is 34.2 Å². The van der Waals surface area contributed by atoms with Gasteiger partial charge < -0.3 is 5.32 Å². The molecule has 3 aromatic rings. The fraction of sp³-hybridized carbons (Fsp3) is 0.318. The molecule has 4 nitrogen and oxygen atoms in total. The maximum absolute atomic E-state index is 13.6. The van der Waals surface area contributed by atoms with Crippen molar-refractivity contribution in [1.29, 1.82) is 0 Å². The zero-order valence-electron chi connectivity index (χ0n) is 15.3. The van der Waals surface area contributed by atoms with Crippen LogP contribution in [-0.4, -0.2) is 15.9 Å². The van der Waals surface area contributed by atoms with Crippen LogP contribution in [0.4, 0.5) is 5.69 Å². The summed E-state index contributed by atoms with van der Waals surface area (Å²) in [5, 5.41) is 3.62. The molecule has 5 heteroatoms. The largest absolute Gasteiger partial charge is 0.324 e. The van der Waals surface area contributed by atoms with E-state index < -0.39 is 5.41 Å². The van der Waals surface area contributed by atoms with Crippen molar-refractivity contribution in [3.63, 3.8) is 0 Å². The molecule has 2 atom stereocenters. The molecular formula is C22H20ClN3O. The molecule has 0 spiro atoms. The van der Waals surface area contributed by atoms with E-state index in [4.69, 9.17) is 21.6 Å². The van der Waals surface area contributed by atoms with Crippen LogP contribution in [0.1, 0.15) is 44.0 Å². The van der Waals surface area contributed by atoms with E-state index in [9.17, 15) is 4.79 Å². The molecule has 1 amide bonds. The molecule has 27 heavy (non-hydrogen) atoms. The van der Waals surface area contributed by atoms with Crippen LogP contribution in [0.3, 0.4) is 0 Å². The van der Waals surface area contributed by atoms with Gasteiger partial charge in [-0.2, -0.15) is 0 Å². The molecule has 5 rings (SSSR count). The number of nitrogens with zero attached hydrogens (tertiary/aromatic N) is 2. The molecule has 1 fully saturated rings. The normalized spacial score (nSPS) is 24.8. The molecule has 0 aliphatic heterocycles. The second kappa shape index (κ2) is 5.52. The van der Waals surface area contributed by atoms with Crippen LogP contribution in [0.2, 0.25) is 5.02 Å². The number of benzene rings is 2. The lowest BCUT2D eigenvalue weighted by molar-refractivity contribution is -0.124. The quantitative estimate of drug-likeness (QED) is 0.677. The second-order valence-corrected chi connectivity index (χ2v) is 8.51. The summed E-state index contributed by atoms with van der Waals surface area (Å²) in [6.07, 6.45) is 1.73. The average molecular weight is 378 g/mol. The van der Waals surface area contributed by atoms with Crippen LogP contribution in [0, 0.1) is 5.41 Å². The number of fused-ring (bicyclic) bond motifs is 6. The first kappa shape index (κ1) is 16.7. The number of rotatable bonds is 2. The maximum atomic E-state index is 13.6. The predicted octanol–water partition coefficient (Wildman–Crippen LogP) is 5.08. The van der Waals surface area contributed by atoms with Crippen molar-refractivity contribution in [3.8, 4) is 0 Å². The van der Waals surface area contributed by atoms with Crippen molar-refractivity contribution in [1.82, 2.24) is 9.97 Å². The van der Waals surface area contributed by atoms with Gasteiger partial charge in [-0.15, -0.1) is 0 Å². The summed E-state index contributed by atoms with van der Waals surface area (Å²) in [7, 11) is 0. The first-order valence-electron chi connectivity index (χ1n) is 9.28. The molecule has 1 heterocycles. The highest BCUT2D eigenvalue weighted by molar-refractivity contribution is 6.33. The van der Waals surface area contributed by atoms with Gasteiger partial charge >= 0.3 is 0 Å². The standard InChI is InChI=1S/C22H20ClN3O/c1-21(2)13-11-12-22(21,20(27)26-15-8-4-3-7-14(15)23)19-18(13)24-16-9-5-6-10-17(16)25-19/h3-10,13H,11-12H2,1-2H3,(H,26,27). The maximum Gasteiger partial charge on any atom is 0.237 e. The van der Waals surface area contributed by atoms with Crippen molar-refractivity contribution in [3.05, 3.63) is 64.9 Å². The third kappa shape index (κ3) is 2.08. The number of para-hydroxylation sites is 3. The van der Waals surface area contributed by atoms with Crippen LogP contribution in [0.15, 0.2) is 48.5 Å². The fourth-order valence-electron chi connectivity index (χ4n) is 5.12. The lowest BCUT2D eigenvalue weighted by Gasteiger charge is -2.36. The first-order valence-corrected chi connectivity index (χ1v) is 9.66. The van der Waals surface area contributed by atoms with Crippen LogP contribution in [-0.2, 0) is 10.2 Å². The number of halogens is 1. The van der Waals surface area contributed by atoms with Crippen molar-refractivity contribution in [2.75, 3.05) is 5.32 Å². The molecule has 1 N–H and O–H groups in total. The minimum Gasteiger partial charge on any atom is -0.324 e. The summed E-state index contributed by atoms with van der Waals surface area (Å²) < 4.78 is 0. The summed E-state index contributed by atoms with van der Waals surface area (Å²) in [5.74, 6) is 0.202. The Hall–Kier alpha value is -2.46. The molecule has 2 aliphatic carbocycles. The summed E-state index contributed by atoms with van der Waals surface area (Å²) in [6.45, 7) is 4.34. The fourth-order valence-corrected chi connectivity index (χ4v) is 5.30. The van der Waals surface area contributed by atoms with Crippen molar-refractivity contribution in [2.45, 2.75) is 38.0 Å². The van der Waals surface area contributed by atoms with E-state index in [1.807, 2.05) is 42.5 Å². The van der Waals surface area contributed by atoms with E-state index in [1.165, 1.54) is 0 Å². The van der Waals surface area contributed by atoms with Gasteiger partial charge in [-0.25, -0.2) is 9.97 Å². The average Bonchev–Trinajstić information content (AvgIpc) is 3.03. The zero-order valence-corrected chi connectivity index (χ0v) is 16.0. The molecule has 2 bridgehead atoms. The molecule has 2 unspecified atom stereocenters. The van der Waals surface area contributed by atoms with E-state index in [0.29, 0.717) is 10.7 Å². The molecule has 2 aliphatic rings. The number of carbonyl (C=O) groups excluding carboxylic acids is 1. The Balaban J connectivity index is 1.68. The lowest BCUT2D eigenvalue weighted by atomic mass is 9.67. The molecular weight excluding hydrogens is 358 g/mol. The molecule has 2 aromatic carbocycles. The Kier molecular flexibility index (Phi) is 3.41. The van der Waals surface area contributed by atoms with Gasteiger partial charge in [-0.1, -0.05) is 49.7 Å². The minimum absolute atomic E-state index is 0.0357. The SMILES string of the molecule is CC1(C)C2CCC1(C(=O)Nc1ccccc1Cl)c1nc3ccccc3nc12. The van der Waals surface area contributed by atoms with Crippen molar-refractivity contribution < 1.29 is 4.79 Å². The predicted molar refractivity (Wildman–Crippen MR) is 107 cm³/mol. The van der Waals surface area contributed by atoms with Crippen LogP contribution in [0.25, 0.3) is 11.0 Å². The molecule has 0 radical (unpaired) electrons. The highest BCUT2D eigenvalue weighted by Crippen LogP contribution is 2.67. The zero-order chi connectivity index (χ0) is 18.8. The van der Waals surface area contributed by atoms with E-state index >= 15 is 0 Å². The minimum atomic E-state index is -0.691. The van der Waals surface area contributed by atoms with Crippen LogP contribution >= 0.6 is 11.6 Å². The highest BCUT2D eigenvalue weighted by atomic mass is 35.5. The van der Waals surface area contributed by atoms with Gasteiger partial charge in [0.15, 0.2) is 0 Å². The Labute approximate surface area is 163 Å². The second-order valence-electron chi connectivity index (χ2n) is 8.10. The Bertz CT molecular complexity index is 1090. The van der Waals surface area contributed by atoms with E-state index in [-0.39, 0.29) is 17.2 Å². The number of hydrogen-bond acceptors (Lipinski definition) is 3. The summed E-state index contributed by atoms with van der Waals surface area (Å²) in [6, 6.07) is 15.2. The summed E-state index contributed by atoms with van der Waals surface area (Å²) in [5.41, 5.74) is 3.25. The lowest BCUT2D eigenvalue weighted by Crippen LogP contribution is -2.46. The van der Waals surface area contributed by atoms with Crippen LogP contribution in [0.5, 0.6) is 0 Å². The van der Waals surface area contributed by atoms with Gasteiger partial charge in [0.25, 0.3) is 0 Å². The Morgan fingerprint density at radius 2 is 1.74 bits per heavy atom. The highest BCUT2D eigenvalue weighted by Gasteiger charge is 2.67. The molecule has 0 saturated heterocycles. The monoisotopic (exact) mass is 377 g/mol. The Morgan fingerprint density at radius 1 is 1.07 bits per heavy atom. The third-order valence-corrected chi connectivity index (χ3v) is 6.95. The Morgan fingerprint density at radius 3 is 2.48 bits per heavy atom. The van der Waals surface area contributed by atoms with Gasteiger partial charge in [-0.05, 0) is 42.5 Å². The van der Waals surface area contributed by atoms with Gasteiger partial charge in [0.1, 0.15) is 0 Å². The number of hydrogen-bond donors (Lipinski definition) is 1. The number of carbonyl (C=O) groups is 1. The number of amides is 1. The molecule has 136 valence electrons. The van der Waals surface area contributed by atoms with Crippen LogP contribution < -0.4 is 5.32 Å². The first-order chi connectivity index (χ1) is 12.9. The van der Waals surface area contributed by atoms with E-state index in [1.54, 1.807) is 6.07 Å². The van der Waals surface area contributed by atoms with Gasteiger partial charge in [0, 0.05) is 5.92 Å². The van der Waals surface area contributed by atoms with Gasteiger partial charge in [0.05, 0.1) is 38.5 Å². The van der Waals surface area contributed by atoms with Crippen molar-refractivity contribution in [2.24, 2.45) is 5.41 Å². The van der Waals surface area contributed by atoms with E-state index in [0.717, 1.165) is 35.3 Å². The van der Waals surface area contributed by atoms with Gasteiger partial charge in [0.2, 0.25) is 5.91 Å². The van der Waals surface area contributed by atoms with E-state index in [2.05, 4.69) is 19.2 Å². The summed E-state index contributed by atoms with van der Waals surface area (Å²) >= 11 is 6.28. The molecule has 1 aromatic heterocycles. The third-order valence-electron chi connectivity index (χ3n) is 6.62. The topological polar surface area (TPSA) is 54.9 Å². The smallest absolute Gasteiger partial charge is 0.237 e. The number of aromatic nitrogens is 2. The molecule has 1 saturated carbocycles. The van der Waals surface area contributed by atoms with Gasteiger partial charge in [-0.3, -0.25) is 4.79 Å². The number of anilines is 1. The number of nitrogens with one attached hydrogen (secondary N) is 1. The summed E-state index contributed by atoms with van der Waals surface area (Å²) in [4.78, 5) is 23.5.